The van der Waals surface area contributed by atoms with E-state index in [1.54, 1.807) is 0 Å². The summed E-state index contributed by atoms with van der Waals surface area (Å²) >= 11 is 0. The summed E-state index contributed by atoms with van der Waals surface area (Å²) in [5, 5.41) is 0. The lowest BCUT2D eigenvalue weighted by Crippen LogP contribution is -2.18. The van der Waals surface area contributed by atoms with Crippen molar-refractivity contribution in [3.63, 3.8) is 0 Å². The van der Waals surface area contributed by atoms with Gasteiger partial charge in [-0.05, 0) is 25.0 Å². The fourth-order valence-corrected chi connectivity index (χ4v) is 1.88. The predicted molar refractivity (Wildman–Crippen MR) is 107 cm³/mol. The predicted octanol–water partition coefficient (Wildman–Crippen LogP) is 7.09. The normalized spacial score (nSPS) is 8.52. The Bertz CT molecular complexity index is 477. The van der Waals surface area contributed by atoms with Crippen LogP contribution in [0.3, 0.4) is 0 Å². The Balaban J connectivity index is 0. The minimum Gasteiger partial charge on any atom is -0.107 e. The van der Waals surface area contributed by atoms with Crippen molar-refractivity contribution < 1.29 is 0 Å². The van der Waals surface area contributed by atoms with E-state index in [1.165, 1.54) is 11.1 Å². The van der Waals surface area contributed by atoms with Crippen LogP contribution in [-0.2, 0) is 5.41 Å². The standard InChI is InChI=1S/C15H16.C4H6.2C2H6/c1-15(2,13-9-5-3-6-10-13)14-11-7-4-8-12-14;1-3-4-2;2*1-2/h3-12H,1-2H3;1-2H3;2*1-2H3. The Morgan fingerprint density at radius 1 is 0.565 bits per heavy atom. The second kappa shape index (κ2) is 14.9. The molecular weight excluding hydrogens is 276 g/mol. The van der Waals surface area contributed by atoms with Crippen molar-refractivity contribution in [2.24, 2.45) is 0 Å². The summed E-state index contributed by atoms with van der Waals surface area (Å²) in [6.45, 7) is 16.2. The zero-order valence-corrected chi connectivity index (χ0v) is 16.3. The highest BCUT2D eigenvalue weighted by Gasteiger charge is 2.21. The molecule has 2 rings (SSSR count). The fraction of sp³-hybridized carbons (Fsp3) is 0.391. The molecule has 0 fully saturated rings. The van der Waals surface area contributed by atoms with Gasteiger partial charge in [0.25, 0.3) is 0 Å². The molecule has 0 heteroatoms. The van der Waals surface area contributed by atoms with Gasteiger partial charge in [-0.25, -0.2) is 0 Å². The van der Waals surface area contributed by atoms with Gasteiger partial charge in [0.15, 0.2) is 0 Å². The van der Waals surface area contributed by atoms with Crippen LogP contribution in [0.2, 0.25) is 0 Å². The molecule has 0 aromatic heterocycles. The van der Waals surface area contributed by atoms with E-state index in [2.05, 4.69) is 86.4 Å². The van der Waals surface area contributed by atoms with Gasteiger partial charge in [0.1, 0.15) is 0 Å². The topological polar surface area (TPSA) is 0 Å². The van der Waals surface area contributed by atoms with Crippen molar-refractivity contribution in [1.82, 2.24) is 0 Å². The Morgan fingerprint density at radius 3 is 1.04 bits per heavy atom. The van der Waals surface area contributed by atoms with Gasteiger partial charge in [-0.1, -0.05) is 102 Å². The van der Waals surface area contributed by atoms with E-state index in [4.69, 9.17) is 0 Å². The monoisotopic (exact) mass is 310 g/mol. The lowest BCUT2D eigenvalue weighted by Gasteiger charge is -2.25. The molecule has 126 valence electrons. The lowest BCUT2D eigenvalue weighted by molar-refractivity contribution is 0.641. The zero-order chi connectivity index (χ0) is 18.1. The van der Waals surface area contributed by atoms with E-state index in [9.17, 15) is 0 Å². The van der Waals surface area contributed by atoms with Crippen molar-refractivity contribution in [3.8, 4) is 11.8 Å². The van der Waals surface area contributed by atoms with E-state index in [-0.39, 0.29) is 5.41 Å². The minimum atomic E-state index is 0.0858. The summed E-state index contributed by atoms with van der Waals surface area (Å²) < 4.78 is 0. The van der Waals surface area contributed by atoms with E-state index in [0.717, 1.165) is 0 Å². The van der Waals surface area contributed by atoms with Crippen LogP contribution in [0.15, 0.2) is 60.7 Å². The maximum Gasteiger partial charge on any atom is 0.0146 e. The Morgan fingerprint density at radius 2 is 0.826 bits per heavy atom. The first-order valence-corrected chi connectivity index (χ1v) is 8.57. The number of hydrogen-bond acceptors (Lipinski definition) is 0. The molecule has 0 spiro atoms. The van der Waals surface area contributed by atoms with Gasteiger partial charge in [0.2, 0.25) is 0 Å². The van der Waals surface area contributed by atoms with Crippen molar-refractivity contribution in [2.75, 3.05) is 0 Å². The Kier molecular flexibility index (Phi) is 15.1. The molecule has 0 N–H and O–H groups in total. The van der Waals surface area contributed by atoms with Crippen molar-refractivity contribution >= 4 is 0 Å². The molecule has 0 amide bonds. The smallest absolute Gasteiger partial charge is 0.0146 e. The van der Waals surface area contributed by atoms with Crippen LogP contribution < -0.4 is 0 Å². The summed E-state index contributed by atoms with van der Waals surface area (Å²) in [5.74, 6) is 5.36. The first-order chi connectivity index (χ1) is 11.1. The van der Waals surface area contributed by atoms with Crippen molar-refractivity contribution in [1.29, 1.82) is 0 Å². The third-order valence-corrected chi connectivity index (χ3v) is 3.24. The molecule has 0 aliphatic carbocycles. The molecule has 23 heavy (non-hydrogen) atoms. The molecule has 0 unspecified atom stereocenters. The summed E-state index contributed by atoms with van der Waals surface area (Å²) in [5.41, 5.74) is 2.80. The highest BCUT2D eigenvalue weighted by molar-refractivity contribution is 5.36. The molecule has 0 aliphatic rings. The highest BCUT2D eigenvalue weighted by Crippen LogP contribution is 2.30. The molecule has 0 saturated heterocycles. The molecule has 2 aromatic carbocycles. The van der Waals surface area contributed by atoms with Crippen LogP contribution in [0, 0.1) is 11.8 Å². The van der Waals surface area contributed by atoms with Crippen LogP contribution in [0.4, 0.5) is 0 Å². The van der Waals surface area contributed by atoms with Gasteiger partial charge < -0.3 is 0 Å². The number of rotatable bonds is 2. The summed E-state index contributed by atoms with van der Waals surface area (Å²) in [7, 11) is 0. The molecule has 0 saturated carbocycles. The average Bonchev–Trinajstić information content (AvgIpc) is 2.66. The van der Waals surface area contributed by atoms with Gasteiger partial charge >= 0.3 is 0 Å². The summed E-state index contributed by atoms with van der Waals surface area (Å²) in [6.07, 6.45) is 0. The number of benzene rings is 2. The Labute approximate surface area is 145 Å². The molecule has 2 aromatic rings. The molecule has 0 atom stereocenters. The maximum atomic E-state index is 2.68. The van der Waals surface area contributed by atoms with Crippen molar-refractivity contribution in [2.45, 2.75) is 60.8 Å². The van der Waals surface area contributed by atoms with Gasteiger partial charge in [-0.15, -0.1) is 11.8 Å². The molecule has 0 radical (unpaired) electrons. The molecular formula is C23H34. The van der Waals surface area contributed by atoms with Crippen LogP contribution >= 0.6 is 0 Å². The molecule has 0 heterocycles. The quantitative estimate of drug-likeness (QED) is 0.519. The van der Waals surface area contributed by atoms with Crippen LogP contribution in [0.1, 0.15) is 66.5 Å². The first kappa shape index (κ1) is 23.3. The highest BCUT2D eigenvalue weighted by atomic mass is 14.2. The third kappa shape index (κ3) is 8.89. The van der Waals surface area contributed by atoms with Gasteiger partial charge in [-0.3, -0.25) is 0 Å². The molecule has 0 aliphatic heterocycles. The minimum absolute atomic E-state index is 0.0858. The largest absolute Gasteiger partial charge is 0.107 e. The summed E-state index contributed by atoms with van der Waals surface area (Å²) in [6, 6.07) is 21.3. The van der Waals surface area contributed by atoms with E-state index in [1.807, 2.05) is 41.5 Å². The third-order valence-electron chi connectivity index (χ3n) is 3.24. The van der Waals surface area contributed by atoms with Gasteiger partial charge in [0, 0.05) is 5.41 Å². The van der Waals surface area contributed by atoms with Gasteiger partial charge in [0.05, 0.1) is 0 Å². The molecule has 0 nitrogen and oxygen atoms in total. The summed E-state index contributed by atoms with van der Waals surface area (Å²) in [4.78, 5) is 0. The van der Waals surface area contributed by atoms with Crippen LogP contribution in [-0.4, -0.2) is 0 Å². The van der Waals surface area contributed by atoms with E-state index < -0.39 is 0 Å². The van der Waals surface area contributed by atoms with E-state index in [0.29, 0.717) is 0 Å². The van der Waals surface area contributed by atoms with E-state index >= 15 is 0 Å². The maximum absolute atomic E-state index is 2.68. The van der Waals surface area contributed by atoms with Crippen molar-refractivity contribution in [3.05, 3.63) is 71.8 Å². The second-order valence-corrected chi connectivity index (χ2v) is 4.86. The van der Waals surface area contributed by atoms with Crippen LogP contribution in [0.25, 0.3) is 0 Å². The fourth-order valence-electron chi connectivity index (χ4n) is 1.88. The lowest BCUT2D eigenvalue weighted by atomic mass is 9.78. The second-order valence-electron chi connectivity index (χ2n) is 4.86. The Hall–Kier alpha value is -2.00. The number of hydrogen-bond donors (Lipinski definition) is 0. The zero-order valence-electron chi connectivity index (χ0n) is 16.3. The molecule has 0 bridgehead atoms. The van der Waals surface area contributed by atoms with Gasteiger partial charge in [-0.2, -0.15) is 0 Å². The van der Waals surface area contributed by atoms with Crippen LogP contribution in [0.5, 0.6) is 0 Å². The average molecular weight is 311 g/mol. The SMILES string of the molecule is CC.CC.CC#CC.CC(C)(c1ccccc1)c1ccccc1. The first-order valence-electron chi connectivity index (χ1n) is 8.57.